The van der Waals surface area contributed by atoms with Crippen molar-refractivity contribution < 1.29 is 18.6 Å². The van der Waals surface area contributed by atoms with Crippen LogP contribution < -0.4 is 10.5 Å². The Morgan fingerprint density at radius 1 is 1.42 bits per heavy atom. The van der Waals surface area contributed by atoms with Crippen LogP contribution in [-0.4, -0.2) is 31.8 Å². The predicted octanol–water partition coefficient (Wildman–Crippen LogP) is 0.661. The van der Waals surface area contributed by atoms with Gasteiger partial charge in [-0.15, -0.1) is 0 Å². The van der Waals surface area contributed by atoms with Gasteiger partial charge in [0.05, 0.1) is 10.6 Å². The van der Waals surface area contributed by atoms with Crippen molar-refractivity contribution in [3.8, 4) is 5.75 Å². The molecule has 0 amide bonds. The first-order valence-corrected chi connectivity index (χ1v) is 7.58. The van der Waals surface area contributed by atoms with Crippen LogP contribution in [0.3, 0.4) is 0 Å². The van der Waals surface area contributed by atoms with Crippen molar-refractivity contribution in [2.75, 3.05) is 18.9 Å². The number of phenolic OH excluding ortho intramolecular Hbond substituents is 1. The SMILES string of the molecule is CCC(CCO)CNS(=O)(=O)c1ccc(O)c(N)c1. The third kappa shape index (κ3) is 4.38. The van der Waals surface area contributed by atoms with E-state index in [0.717, 1.165) is 6.42 Å². The molecule has 0 aromatic heterocycles. The van der Waals surface area contributed by atoms with Crippen LogP contribution >= 0.6 is 0 Å². The van der Waals surface area contributed by atoms with Crippen LogP contribution in [0.5, 0.6) is 5.75 Å². The van der Waals surface area contributed by atoms with E-state index in [1.165, 1.54) is 18.2 Å². The Morgan fingerprint density at radius 2 is 2.11 bits per heavy atom. The number of aliphatic hydroxyl groups excluding tert-OH is 1. The number of phenols is 1. The lowest BCUT2D eigenvalue weighted by molar-refractivity contribution is 0.254. The number of nitrogens with one attached hydrogen (secondary N) is 1. The summed E-state index contributed by atoms with van der Waals surface area (Å²) in [6.45, 7) is 2.24. The highest BCUT2D eigenvalue weighted by Crippen LogP contribution is 2.23. The molecule has 1 rings (SSSR count). The highest BCUT2D eigenvalue weighted by atomic mass is 32.2. The highest BCUT2D eigenvalue weighted by Gasteiger charge is 2.17. The summed E-state index contributed by atoms with van der Waals surface area (Å²) in [4.78, 5) is 0.0154. The summed E-state index contributed by atoms with van der Waals surface area (Å²) >= 11 is 0. The second kappa shape index (κ2) is 6.74. The number of nitrogens with two attached hydrogens (primary N) is 1. The molecule has 5 N–H and O–H groups in total. The second-order valence-corrected chi connectivity index (χ2v) is 6.13. The zero-order valence-electron chi connectivity index (χ0n) is 10.8. The van der Waals surface area contributed by atoms with Crippen LogP contribution in [0, 0.1) is 5.92 Å². The van der Waals surface area contributed by atoms with Crippen molar-refractivity contribution in [3.63, 3.8) is 0 Å². The average Bonchev–Trinajstić information content (AvgIpc) is 2.37. The molecule has 0 aliphatic carbocycles. The van der Waals surface area contributed by atoms with E-state index in [1.54, 1.807) is 0 Å². The maximum absolute atomic E-state index is 12.0. The molecule has 1 aromatic rings. The standard InChI is InChI=1S/C12H20N2O4S/c1-2-9(5-6-15)8-14-19(17,18)10-3-4-12(16)11(13)7-10/h3-4,7,9,14-16H,2,5-6,8,13H2,1H3. The number of nitrogen functional groups attached to an aromatic ring is 1. The molecule has 1 atom stereocenters. The lowest BCUT2D eigenvalue weighted by Crippen LogP contribution is -2.29. The first-order valence-electron chi connectivity index (χ1n) is 6.09. The van der Waals surface area contributed by atoms with Gasteiger partial charge in [0, 0.05) is 13.2 Å². The minimum Gasteiger partial charge on any atom is -0.506 e. The van der Waals surface area contributed by atoms with Crippen LogP contribution in [-0.2, 0) is 10.0 Å². The third-order valence-electron chi connectivity index (χ3n) is 2.99. The van der Waals surface area contributed by atoms with Gasteiger partial charge in [0.1, 0.15) is 5.75 Å². The zero-order chi connectivity index (χ0) is 14.5. The molecule has 0 aliphatic heterocycles. The third-order valence-corrected chi connectivity index (χ3v) is 4.41. The summed E-state index contributed by atoms with van der Waals surface area (Å²) in [6.07, 6.45) is 1.33. The van der Waals surface area contributed by atoms with E-state index in [9.17, 15) is 13.5 Å². The van der Waals surface area contributed by atoms with Gasteiger partial charge in [-0.3, -0.25) is 0 Å². The van der Waals surface area contributed by atoms with Crippen molar-refractivity contribution in [2.45, 2.75) is 24.7 Å². The smallest absolute Gasteiger partial charge is 0.240 e. The summed E-state index contributed by atoms with van der Waals surface area (Å²) in [7, 11) is -3.65. The van der Waals surface area contributed by atoms with Gasteiger partial charge in [0.2, 0.25) is 10.0 Å². The van der Waals surface area contributed by atoms with Crippen LogP contribution in [0.1, 0.15) is 19.8 Å². The Hall–Kier alpha value is -1.31. The summed E-state index contributed by atoms with van der Waals surface area (Å²) in [6, 6.07) is 3.75. The molecule has 0 aliphatic rings. The number of aromatic hydroxyl groups is 1. The fourth-order valence-electron chi connectivity index (χ4n) is 1.64. The number of rotatable bonds is 7. The van der Waals surface area contributed by atoms with E-state index in [1.807, 2.05) is 6.92 Å². The van der Waals surface area contributed by atoms with Crippen LogP contribution in [0.15, 0.2) is 23.1 Å². The van der Waals surface area contributed by atoms with Gasteiger partial charge >= 0.3 is 0 Å². The topological polar surface area (TPSA) is 113 Å². The molecule has 0 radical (unpaired) electrons. The first kappa shape index (κ1) is 15.7. The Morgan fingerprint density at radius 3 is 2.63 bits per heavy atom. The predicted molar refractivity (Wildman–Crippen MR) is 73.2 cm³/mol. The number of hydrogen-bond acceptors (Lipinski definition) is 5. The molecule has 19 heavy (non-hydrogen) atoms. The largest absolute Gasteiger partial charge is 0.506 e. The molecule has 108 valence electrons. The molecule has 0 fully saturated rings. The zero-order valence-corrected chi connectivity index (χ0v) is 11.7. The molecule has 0 bridgehead atoms. The van der Waals surface area contributed by atoms with Gasteiger partial charge < -0.3 is 15.9 Å². The molecule has 0 saturated heterocycles. The molecule has 1 aromatic carbocycles. The number of aliphatic hydroxyl groups is 1. The normalized spacial score (nSPS) is 13.4. The van der Waals surface area contributed by atoms with E-state index < -0.39 is 10.0 Å². The fraction of sp³-hybridized carbons (Fsp3) is 0.500. The lowest BCUT2D eigenvalue weighted by Gasteiger charge is -2.14. The quantitative estimate of drug-likeness (QED) is 0.435. The molecule has 0 saturated carbocycles. The van der Waals surface area contributed by atoms with E-state index in [4.69, 9.17) is 10.8 Å². The Labute approximate surface area is 113 Å². The molecular weight excluding hydrogens is 268 g/mol. The number of benzene rings is 1. The lowest BCUT2D eigenvalue weighted by atomic mass is 10.0. The van der Waals surface area contributed by atoms with Crippen LogP contribution in [0.4, 0.5) is 5.69 Å². The second-order valence-electron chi connectivity index (χ2n) is 4.36. The van der Waals surface area contributed by atoms with Gasteiger partial charge in [-0.2, -0.15) is 0 Å². The summed E-state index contributed by atoms with van der Waals surface area (Å²) < 4.78 is 26.5. The first-order chi connectivity index (χ1) is 8.90. The van der Waals surface area contributed by atoms with Crippen molar-refractivity contribution in [2.24, 2.45) is 5.92 Å². The van der Waals surface area contributed by atoms with Gasteiger partial charge in [-0.1, -0.05) is 13.3 Å². The number of sulfonamides is 1. The van der Waals surface area contributed by atoms with Gasteiger partial charge in [0.15, 0.2) is 0 Å². The maximum atomic E-state index is 12.0. The van der Waals surface area contributed by atoms with Crippen molar-refractivity contribution >= 4 is 15.7 Å². The summed E-state index contributed by atoms with van der Waals surface area (Å²) in [5, 5.41) is 18.1. The van der Waals surface area contributed by atoms with Gasteiger partial charge in [-0.25, -0.2) is 13.1 Å². The molecule has 7 heteroatoms. The number of hydrogen-bond donors (Lipinski definition) is 4. The van der Waals surface area contributed by atoms with E-state index >= 15 is 0 Å². The monoisotopic (exact) mass is 288 g/mol. The van der Waals surface area contributed by atoms with Crippen molar-refractivity contribution in [1.82, 2.24) is 4.72 Å². The van der Waals surface area contributed by atoms with Crippen molar-refractivity contribution in [1.29, 1.82) is 0 Å². The molecule has 0 spiro atoms. The Bertz CT molecular complexity index is 516. The highest BCUT2D eigenvalue weighted by molar-refractivity contribution is 7.89. The molecule has 0 heterocycles. The molecule has 6 nitrogen and oxygen atoms in total. The van der Waals surface area contributed by atoms with E-state index in [2.05, 4.69) is 4.72 Å². The van der Waals surface area contributed by atoms with Gasteiger partial charge in [-0.05, 0) is 30.5 Å². The van der Waals surface area contributed by atoms with E-state index in [-0.39, 0.29) is 35.4 Å². The fourth-order valence-corrected chi connectivity index (χ4v) is 2.79. The van der Waals surface area contributed by atoms with Crippen molar-refractivity contribution in [3.05, 3.63) is 18.2 Å². The van der Waals surface area contributed by atoms with Gasteiger partial charge in [0.25, 0.3) is 0 Å². The van der Waals surface area contributed by atoms with Crippen LogP contribution in [0.25, 0.3) is 0 Å². The van der Waals surface area contributed by atoms with E-state index in [0.29, 0.717) is 6.42 Å². The minimum absolute atomic E-state index is 0.0154. The van der Waals surface area contributed by atoms with Crippen LogP contribution in [0.2, 0.25) is 0 Å². The number of anilines is 1. The maximum Gasteiger partial charge on any atom is 0.240 e. The summed E-state index contributed by atoms with van der Waals surface area (Å²) in [5.74, 6) is -0.0556. The summed E-state index contributed by atoms with van der Waals surface area (Å²) in [5.41, 5.74) is 5.49. The molecule has 1 unspecified atom stereocenters. The minimum atomic E-state index is -3.65. The Kier molecular flexibility index (Phi) is 5.59. The molecular formula is C12H20N2O4S. The Balaban J connectivity index is 2.78. The average molecular weight is 288 g/mol.